The predicted molar refractivity (Wildman–Crippen MR) is 118 cm³/mol. The second-order valence-electron chi connectivity index (χ2n) is 8.71. The minimum absolute atomic E-state index is 0.000793. The maximum absolute atomic E-state index is 12.9. The smallest absolute Gasteiger partial charge is 0.317 e. The van der Waals surface area contributed by atoms with Crippen LogP contribution in [0.5, 0.6) is 11.5 Å². The number of hydrogen-bond donors (Lipinski definition) is 4. The maximum atomic E-state index is 12.9. The zero-order valence-corrected chi connectivity index (χ0v) is 18.2. The molecule has 4 N–H and O–H groups in total. The van der Waals surface area contributed by atoms with Crippen molar-refractivity contribution in [1.82, 2.24) is 21.3 Å². The Hall–Kier alpha value is -3.42. The molecule has 1 unspecified atom stereocenters. The SMILES string of the molecule is COc1ccc([C@H]2NC(=O)NC34NC(=O)N[C@@H](c5ccc(OC)cc5)[C@H]3CCC[C@@H]24)cc1. The third-order valence-electron chi connectivity index (χ3n) is 7.17. The number of urea groups is 2. The van der Waals surface area contributed by atoms with Gasteiger partial charge in [-0.15, -0.1) is 0 Å². The van der Waals surface area contributed by atoms with Gasteiger partial charge in [0.25, 0.3) is 0 Å². The van der Waals surface area contributed by atoms with E-state index in [4.69, 9.17) is 9.47 Å². The van der Waals surface area contributed by atoms with Crippen LogP contribution in [0.4, 0.5) is 9.59 Å². The fourth-order valence-corrected chi connectivity index (χ4v) is 5.73. The van der Waals surface area contributed by atoms with Gasteiger partial charge in [-0.2, -0.15) is 0 Å². The number of carbonyl (C=O) groups excluding carboxylic acids is 2. The van der Waals surface area contributed by atoms with Gasteiger partial charge in [0.1, 0.15) is 17.2 Å². The van der Waals surface area contributed by atoms with E-state index in [1.54, 1.807) is 14.2 Å². The van der Waals surface area contributed by atoms with Gasteiger partial charge in [-0.3, -0.25) is 0 Å². The second-order valence-corrected chi connectivity index (χ2v) is 8.71. The Bertz CT molecular complexity index is 926. The Kier molecular flexibility index (Phi) is 5.07. The minimum atomic E-state index is -0.835. The van der Waals surface area contributed by atoms with E-state index >= 15 is 0 Å². The van der Waals surface area contributed by atoms with Crippen LogP contribution in [0.25, 0.3) is 0 Å². The first-order valence-corrected chi connectivity index (χ1v) is 11.0. The lowest BCUT2D eigenvalue weighted by Gasteiger charge is -2.59. The summed E-state index contributed by atoms with van der Waals surface area (Å²) in [5, 5.41) is 12.5. The summed E-state index contributed by atoms with van der Waals surface area (Å²) in [6.45, 7) is 0. The summed E-state index contributed by atoms with van der Waals surface area (Å²) in [6, 6.07) is 14.6. The number of hydrogen-bond acceptors (Lipinski definition) is 4. The van der Waals surface area contributed by atoms with Gasteiger partial charge >= 0.3 is 12.1 Å². The monoisotopic (exact) mass is 436 g/mol. The molecule has 1 saturated carbocycles. The molecule has 2 saturated heterocycles. The average molecular weight is 437 g/mol. The van der Waals surface area contributed by atoms with Crippen molar-refractivity contribution >= 4 is 12.1 Å². The van der Waals surface area contributed by atoms with E-state index in [0.717, 1.165) is 41.9 Å². The Labute approximate surface area is 187 Å². The molecule has 3 aliphatic rings. The predicted octanol–water partition coefficient (Wildman–Crippen LogP) is 3.22. The second kappa shape index (κ2) is 7.93. The van der Waals surface area contributed by atoms with Crippen molar-refractivity contribution in [2.75, 3.05) is 14.2 Å². The number of ether oxygens (including phenoxy) is 2. The first-order chi connectivity index (χ1) is 15.5. The van der Waals surface area contributed by atoms with Gasteiger partial charge in [0.2, 0.25) is 0 Å². The number of benzene rings is 2. The van der Waals surface area contributed by atoms with E-state index in [-0.39, 0.29) is 36.0 Å². The van der Waals surface area contributed by atoms with Crippen LogP contribution in [-0.2, 0) is 0 Å². The average Bonchev–Trinajstić information content (AvgIpc) is 2.82. The van der Waals surface area contributed by atoms with Gasteiger partial charge in [-0.25, -0.2) is 9.59 Å². The van der Waals surface area contributed by atoms with Crippen molar-refractivity contribution in [3.05, 3.63) is 59.7 Å². The highest BCUT2D eigenvalue weighted by molar-refractivity contribution is 5.81. The Balaban J connectivity index is 1.54. The largest absolute Gasteiger partial charge is 0.497 e. The van der Waals surface area contributed by atoms with Gasteiger partial charge in [0.05, 0.1) is 26.3 Å². The van der Waals surface area contributed by atoms with E-state index in [2.05, 4.69) is 21.3 Å². The molecule has 4 amide bonds. The molecule has 8 nitrogen and oxygen atoms in total. The van der Waals surface area contributed by atoms with Crippen LogP contribution in [-0.4, -0.2) is 31.9 Å². The molecule has 2 heterocycles. The lowest BCUT2D eigenvalue weighted by Crippen LogP contribution is -2.80. The summed E-state index contributed by atoms with van der Waals surface area (Å²) in [4.78, 5) is 25.7. The molecular weight excluding hydrogens is 408 g/mol. The molecule has 8 heteroatoms. The van der Waals surface area contributed by atoms with Gasteiger partial charge in [-0.1, -0.05) is 30.7 Å². The first kappa shape index (κ1) is 20.5. The van der Waals surface area contributed by atoms with Gasteiger partial charge in [0.15, 0.2) is 0 Å². The van der Waals surface area contributed by atoms with E-state index in [1.165, 1.54) is 0 Å². The molecule has 168 valence electrons. The van der Waals surface area contributed by atoms with Crippen LogP contribution in [0, 0.1) is 11.8 Å². The summed E-state index contributed by atoms with van der Waals surface area (Å²) >= 11 is 0. The van der Waals surface area contributed by atoms with Crippen molar-refractivity contribution in [1.29, 1.82) is 0 Å². The quantitative estimate of drug-likeness (QED) is 0.591. The highest BCUT2D eigenvalue weighted by Gasteiger charge is 2.60. The van der Waals surface area contributed by atoms with Crippen molar-refractivity contribution in [2.45, 2.75) is 37.0 Å². The number of rotatable bonds is 4. The highest BCUT2D eigenvalue weighted by atomic mass is 16.5. The normalized spacial score (nSPS) is 31.1. The Morgan fingerprint density at radius 2 is 1.12 bits per heavy atom. The van der Waals surface area contributed by atoms with Crippen molar-refractivity contribution in [3.63, 3.8) is 0 Å². The molecule has 0 bridgehead atoms. The molecule has 1 aliphatic carbocycles. The van der Waals surface area contributed by atoms with Crippen LogP contribution in [0.15, 0.2) is 48.5 Å². The molecule has 3 fully saturated rings. The highest BCUT2D eigenvalue weighted by Crippen LogP contribution is 2.50. The lowest BCUT2D eigenvalue weighted by molar-refractivity contribution is -0.0123. The number of carbonyl (C=O) groups is 2. The third-order valence-corrected chi connectivity index (χ3v) is 7.17. The van der Waals surface area contributed by atoms with Crippen LogP contribution < -0.4 is 30.7 Å². The maximum Gasteiger partial charge on any atom is 0.317 e. The summed E-state index contributed by atoms with van der Waals surface area (Å²) < 4.78 is 10.6. The molecule has 2 aromatic carbocycles. The van der Waals surface area contributed by atoms with Crippen LogP contribution in [0.3, 0.4) is 0 Å². The minimum Gasteiger partial charge on any atom is -0.497 e. The molecule has 2 aromatic rings. The summed E-state index contributed by atoms with van der Waals surface area (Å²) in [5.74, 6) is 1.53. The summed E-state index contributed by atoms with van der Waals surface area (Å²) in [6.07, 6.45) is 2.78. The van der Waals surface area contributed by atoms with Crippen LogP contribution in [0.2, 0.25) is 0 Å². The van der Waals surface area contributed by atoms with Gasteiger partial charge in [-0.05, 0) is 48.2 Å². The number of methoxy groups -OCH3 is 2. The molecule has 5 atom stereocenters. The molecular formula is C24H28N4O4. The summed E-state index contributed by atoms with van der Waals surface area (Å²) in [7, 11) is 3.26. The number of nitrogens with one attached hydrogen (secondary N) is 4. The van der Waals surface area contributed by atoms with E-state index in [1.807, 2.05) is 48.5 Å². The van der Waals surface area contributed by atoms with E-state index in [0.29, 0.717) is 0 Å². The van der Waals surface area contributed by atoms with Crippen LogP contribution in [0.1, 0.15) is 42.5 Å². The van der Waals surface area contributed by atoms with Gasteiger partial charge in [0, 0.05) is 11.8 Å². The van der Waals surface area contributed by atoms with E-state index in [9.17, 15) is 9.59 Å². The topological polar surface area (TPSA) is 101 Å². The lowest BCUT2D eigenvalue weighted by atomic mass is 9.62. The molecule has 0 aromatic heterocycles. The van der Waals surface area contributed by atoms with E-state index < -0.39 is 5.66 Å². The zero-order valence-electron chi connectivity index (χ0n) is 18.2. The van der Waals surface area contributed by atoms with Crippen molar-refractivity contribution in [2.24, 2.45) is 11.8 Å². The zero-order chi connectivity index (χ0) is 22.3. The number of amides is 4. The van der Waals surface area contributed by atoms with Crippen molar-refractivity contribution < 1.29 is 19.1 Å². The summed E-state index contributed by atoms with van der Waals surface area (Å²) in [5.41, 5.74) is 1.16. The van der Waals surface area contributed by atoms with Gasteiger partial charge < -0.3 is 30.7 Å². The van der Waals surface area contributed by atoms with Crippen LogP contribution >= 0.6 is 0 Å². The molecule has 5 rings (SSSR count). The standard InChI is InChI=1S/C24H28N4O4/c1-31-16-10-6-14(7-11-16)20-18-4-3-5-19-21(15-8-12-17(32-2)13-9-15)26-23(30)28-24(18,19)27-22(29)25-20/h6-13,18-21H,3-5H2,1-2H3,(H2,25,27,29)(H2,26,28,30)/t18-,19+,20+,21-,24?. The fourth-order valence-electron chi connectivity index (χ4n) is 5.73. The molecule has 2 aliphatic heterocycles. The molecule has 32 heavy (non-hydrogen) atoms. The third kappa shape index (κ3) is 3.30. The first-order valence-electron chi connectivity index (χ1n) is 11.0. The van der Waals surface area contributed by atoms with Crippen molar-refractivity contribution in [3.8, 4) is 11.5 Å². The molecule has 0 radical (unpaired) electrons. The fraction of sp³-hybridized carbons (Fsp3) is 0.417. The molecule has 1 spiro atoms. The Morgan fingerprint density at radius 3 is 1.50 bits per heavy atom. The Morgan fingerprint density at radius 1 is 0.719 bits per heavy atom.